The van der Waals surface area contributed by atoms with Crippen LogP contribution in [0.5, 0.6) is 0 Å². The Morgan fingerprint density at radius 3 is 2.78 bits per heavy atom. The zero-order valence-electron chi connectivity index (χ0n) is 4.89. The summed E-state index contributed by atoms with van der Waals surface area (Å²) in [6.07, 6.45) is 1.29. The molecule has 5 nitrogen and oxygen atoms in total. The highest BCUT2D eigenvalue weighted by atomic mass is 16.6. The van der Waals surface area contributed by atoms with Crippen LogP contribution in [-0.2, 0) is 0 Å². The van der Waals surface area contributed by atoms with Gasteiger partial charge in [0.05, 0.1) is 0 Å². The largest absolute Gasteiger partial charge is 0.287 e. The van der Waals surface area contributed by atoms with Crippen molar-refractivity contribution in [1.82, 2.24) is 5.01 Å². The van der Waals surface area contributed by atoms with Gasteiger partial charge in [0.1, 0.15) is 12.8 Å². The molecule has 1 aliphatic heterocycles. The molecule has 1 unspecified atom stereocenters. The molecule has 0 bridgehead atoms. The van der Waals surface area contributed by atoms with Crippen molar-refractivity contribution in [2.45, 2.75) is 6.04 Å². The van der Waals surface area contributed by atoms with Gasteiger partial charge in [-0.2, -0.15) is 5.10 Å². The first-order valence-electron chi connectivity index (χ1n) is 2.45. The molecule has 0 aromatic heterocycles. The van der Waals surface area contributed by atoms with E-state index >= 15 is 0 Å². The van der Waals surface area contributed by atoms with Crippen molar-refractivity contribution in [3.63, 3.8) is 0 Å². The molecule has 0 N–H and O–H groups in total. The molecule has 0 aromatic rings. The predicted octanol–water partition coefficient (Wildman–Crippen LogP) is -0.275. The van der Waals surface area contributed by atoms with Gasteiger partial charge in [-0.1, -0.05) is 0 Å². The lowest BCUT2D eigenvalue weighted by Crippen LogP contribution is -2.20. The minimum atomic E-state index is -0.727. The third kappa shape index (κ3) is 1.16. The lowest BCUT2D eigenvalue weighted by atomic mass is 10.4. The van der Waals surface area contributed by atoms with E-state index in [0.717, 1.165) is 0 Å². The Bertz CT molecular complexity index is 156. The summed E-state index contributed by atoms with van der Waals surface area (Å²) < 4.78 is 0. The van der Waals surface area contributed by atoms with Crippen LogP contribution >= 0.6 is 0 Å². The Morgan fingerprint density at radius 1 is 1.89 bits per heavy atom. The number of likely N-dealkylation sites (N-methyl/N-ethyl adjacent to an activating group) is 1. The molecule has 5 heteroatoms. The van der Waals surface area contributed by atoms with E-state index in [2.05, 4.69) is 5.10 Å². The zero-order chi connectivity index (χ0) is 6.85. The Labute approximate surface area is 52.1 Å². The summed E-state index contributed by atoms with van der Waals surface area (Å²) in [7, 11) is 1.65. The van der Waals surface area contributed by atoms with Crippen LogP contribution in [0.3, 0.4) is 0 Å². The average molecular weight is 128 g/mol. The number of hydrazone groups is 1. The van der Waals surface area contributed by atoms with Gasteiger partial charge in [0.15, 0.2) is 0 Å². The van der Waals surface area contributed by atoms with E-state index in [1.807, 2.05) is 0 Å². The van der Waals surface area contributed by atoms with Crippen molar-refractivity contribution in [3.05, 3.63) is 16.7 Å². The molecule has 0 saturated carbocycles. The first-order valence-corrected chi connectivity index (χ1v) is 2.45. The van der Waals surface area contributed by atoms with Crippen LogP contribution in [0.25, 0.3) is 0 Å². The number of hydrogen-bond acceptors (Lipinski definition) is 4. The van der Waals surface area contributed by atoms with Crippen LogP contribution in [0.2, 0.25) is 0 Å². The van der Waals surface area contributed by atoms with Gasteiger partial charge in [-0.15, -0.1) is 0 Å². The van der Waals surface area contributed by atoms with E-state index in [-0.39, 0.29) is 0 Å². The summed E-state index contributed by atoms with van der Waals surface area (Å²) >= 11 is 0. The quantitative estimate of drug-likeness (QED) is 0.360. The third-order valence-electron chi connectivity index (χ3n) is 1.01. The Morgan fingerprint density at radius 2 is 2.56 bits per heavy atom. The van der Waals surface area contributed by atoms with E-state index in [1.54, 1.807) is 7.05 Å². The summed E-state index contributed by atoms with van der Waals surface area (Å²) in [5, 5.41) is 15.1. The van der Waals surface area contributed by atoms with Gasteiger partial charge in [0.25, 0.3) is 6.04 Å². The van der Waals surface area contributed by atoms with Gasteiger partial charge in [0, 0.05) is 12.0 Å². The van der Waals surface area contributed by atoms with Crippen LogP contribution in [0, 0.1) is 16.7 Å². The summed E-state index contributed by atoms with van der Waals surface area (Å²) in [6.45, 7) is 1.43. The van der Waals surface area contributed by atoms with E-state index in [9.17, 15) is 10.1 Å². The summed E-state index contributed by atoms with van der Waals surface area (Å²) in [4.78, 5) is 9.61. The van der Waals surface area contributed by atoms with Crippen molar-refractivity contribution >= 4 is 6.21 Å². The van der Waals surface area contributed by atoms with Gasteiger partial charge in [-0.05, 0) is 0 Å². The minimum Gasteiger partial charge on any atom is -0.287 e. The molecule has 1 rings (SSSR count). The summed E-state index contributed by atoms with van der Waals surface area (Å²) in [6, 6.07) is -0.727. The zero-order valence-corrected chi connectivity index (χ0v) is 4.89. The smallest absolute Gasteiger partial charge is 0.273 e. The Kier molecular flexibility index (Phi) is 1.33. The van der Waals surface area contributed by atoms with Crippen LogP contribution in [0.4, 0.5) is 0 Å². The van der Waals surface area contributed by atoms with Crippen LogP contribution in [0.15, 0.2) is 5.10 Å². The first kappa shape index (κ1) is 6.00. The second-order valence-electron chi connectivity index (χ2n) is 1.76. The molecule has 1 aliphatic rings. The van der Waals surface area contributed by atoms with Gasteiger partial charge < -0.3 is 0 Å². The van der Waals surface area contributed by atoms with Crippen molar-refractivity contribution in [2.24, 2.45) is 5.10 Å². The molecule has 0 aliphatic carbocycles. The van der Waals surface area contributed by atoms with Gasteiger partial charge in [-0.3, -0.25) is 15.1 Å². The molecular weight excluding hydrogens is 122 g/mol. The number of rotatable bonds is 1. The highest BCUT2D eigenvalue weighted by Gasteiger charge is 2.24. The highest BCUT2D eigenvalue weighted by molar-refractivity contribution is 5.66. The Hall–Kier alpha value is -1.13. The topological polar surface area (TPSA) is 58.7 Å². The highest BCUT2D eigenvalue weighted by Crippen LogP contribution is 2.04. The monoisotopic (exact) mass is 128 g/mol. The van der Waals surface area contributed by atoms with E-state index < -0.39 is 11.0 Å². The molecule has 1 radical (unpaired) electrons. The molecule has 0 aromatic carbocycles. The van der Waals surface area contributed by atoms with Crippen molar-refractivity contribution in [3.8, 4) is 0 Å². The van der Waals surface area contributed by atoms with E-state index in [4.69, 9.17) is 0 Å². The molecule has 0 fully saturated rings. The molecule has 0 spiro atoms. The second kappa shape index (κ2) is 2.00. The maximum absolute atomic E-state index is 10.0. The Balaban J connectivity index is 2.50. The molecule has 0 saturated heterocycles. The first-order chi connectivity index (χ1) is 4.20. The summed E-state index contributed by atoms with van der Waals surface area (Å²) in [5.41, 5.74) is 0. The third-order valence-corrected chi connectivity index (χ3v) is 1.01. The van der Waals surface area contributed by atoms with Gasteiger partial charge in [0.2, 0.25) is 0 Å². The predicted molar refractivity (Wildman–Crippen MR) is 31.3 cm³/mol. The molecule has 1 heterocycles. The number of nitro groups is 1. The van der Waals surface area contributed by atoms with Gasteiger partial charge >= 0.3 is 0 Å². The lowest BCUT2D eigenvalue weighted by Gasteiger charge is -2.01. The number of nitrogens with zero attached hydrogens (tertiary/aromatic N) is 3. The standard InChI is InChI=1S/C4H6N3O2/c1-6-3-4(2-5-6)7(8)9/h2-4H,1H3. The molecule has 1 atom stereocenters. The molecular formula is C4H6N3O2. The van der Waals surface area contributed by atoms with Crippen LogP contribution in [0.1, 0.15) is 0 Å². The number of hydrogen-bond donors (Lipinski definition) is 0. The lowest BCUT2D eigenvalue weighted by molar-refractivity contribution is -0.493. The van der Waals surface area contributed by atoms with Crippen LogP contribution in [-0.4, -0.2) is 29.2 Å². The van der Waals surface area contributed by atoms with Gasteiger partial charge in [-0.25, -0.2) is 0 Å². The van der Waals surface area contributed by atoms with E-state index in [1.165, 1.54) is 17.8 Å². The maximum atomic E-state index is 10.0. The second-order valence-corrected chi connectivity index (χ2v) is 1.76. The van der Waals surface area contributed by atoms with Crippen molar-refractivity contribution in [2.75, 3.05) is 7.05 Å². The van der Waals surface area contributed by atoms with E-state index in [0.29, 0.717) is 0 Å². The van der Waals surface area contributed by atoms with Crippen molar-refractivity contribution < 1.29 is 4.92 Å². The minimum absolute atomic E-state index is 0.396. The van der Waals surface area contributed by atoms with Crippen LogP contribution < -0.4 is 0 Å². The molecule has 49 valence electrons. The maximum Gasteiger partial charge on any atom is 0.273 e. The average Bonchev–Trinajstić information content (AvgIpc) is 2.14. The fourth-order valence-corrected chi connectivity index (χ4v) is 0.580. The summed E-state index contributed by atoms with van der Waals surface area (Å²) in [5.74, 6) is 0. The fourth-order valence-electron chi connectivity index (χ4n) is 0.580. The SMILES string of the molecule is CN1[CH]C([N+](=O)[O-])C=N1. The molecule has 0 amide bonds. The molecule has 9 heavy (non-hydrogen) atoms. The fraction of sp³-hybridized carbons (Fsp3) is 0.500. The van der Waals surface area contributed by atoms with Crippen molar-refractivity contribution in [1.29, 1.82) is 0 Å². The normalized spacial score (nSPS) is 25.0.